The molecule has 0 saturated carbocycles. The zero-order valence-corrected chi connectivity index (χ0v) is 19.9. The van der Waals surface area contributed by atoms with Gasteiger partial charge < -0.3 is 15.8 Å². The van der Waals surface area contributed by atoms with E-state index < -0.39 is 17.7 Å². The summed E-state index contributed by atoms with van der Waals surface area (Å²) in [5.41, 5.74) is 9.95. The van der Waals surface area contributed by atoms with Crippen LogP contribution in [0.15, 0.2) is 72.9 Å². The van der Waals surface area contributed by atoms with Crippen LogP contribution in [0.5, 0.6) is 0 Å². The number of ether oxygens (including phenoxy) is 1. The van der Waals surface area contributed by atoms with E-state index >= 15 is 0 Å². The van der Waals surface area contributed by atoms with Crippen molar-refractivity contribution in [3.8, 4) is 0 Å². The lowest BCUT2D eigenvalue weighted by atomic mass is 9.96. The summed E-state index contributed by atoms with van der Waals surface area (Å²) in [6.45, 7) is 5.55. The van der Waals surface area contributed by atoms with Gasteiger partial charge in [-0.25, -0.2) is 4.39 Å². The fraction of sp³-hybridized carbons (Fsp3) is 0.241. The third kappa shape index (κ3) is 7.11. The average molecular weight is 475 g/mol. The van der Waals surface area contributed by atoms with E-state index in [1.807, 2.05) is 49.4 Å². The zero-order chi connectivity index (χ0) is 25.2. The van der Waals surface area contributed by atoms with Crippen molar-refractivity contribution in [1.82, 2.24) is 0 Å². The van der Waals surface area contributed by atoms with E-state index in [2.05, 4.69) is 11.9 Å². The summed E-state index contributed by atoms with van der Waals surface area (Å²) in [5, 5.41) is 2.86. The van der Waals surface area contributed by atoms with E-state index in [9.17, 15) is 14.0 Å². The Balaban J connectivity index is 1.65. The van der Waals surface area contributed by atoms with Crippen LogP contribution in [0.2, 0.25) is 0 Å². The lowest BCUT2D eigenvalue weighted by Crippen LogP contribution is -2.27. The molecule has 1 aliphatic carbocycles. The van der Waals surface area contributed by atoms with Gasteiger partial charge in [-0.05, 0) is 60.2 Å². The Morgan fingerprint density at radius 1 is 1.20 bits per heavy atom. The van der Waals surface area contributed by atoms with Crippen molar-refractivity contribution in [1.29, 1.82) is 0 Å². The molecule has 0 heterocycles. The molecule has 0 aromatic heterocycles. The van der Waals surface area contributed by atoms with E-state index in [1.165, 1.54) is 12.1 Å². The van der Waals surface area contributed by atoms with E-state index in [4.69, 9.17) is 10.5 Å². The quantitative estimate of drug-likeness (QED) is 0.421. The third-order valence-corrected chi connectivity index (χ3v) is 5.76. The topological polar surface area (TPSA) is 81.4 Å². The molecule has 3 N–H and O–H groups in total. The van der Waals surface area contributed by atoms with Crippen LogP contribution in [-0.2, 0) is 20.9 Å². The molecule has 0 bridgehead atoms. The van der Waals surface area contributed by atoms with Gasteiger partial charge in [0.15, 0.2) is 0 Å². The Bertz CT molecular complexity index is 1180. The van der Waals surface area contributed by atoms with E-state index in [1.54, 1.807) is 18.2 Å². The number of allylic oxidation sites excluding steroid dienone is 4. The fourth-order valence-corrected chi connectivity index (χ4v) is 3.86. The molecule has 0 saturated heterocycles. The highest BCUT2D eigenvalue weighted by Gasteiger charge is 2.21. The van der Waals surface area contributed by atoms with Crippen LogP contribution in [0.4, 0.5) is 10.1 Å². The van der Waals surface area contributed by atoms with Crippen LogP contribution in [0.25, 0.3) is 12.2 Å². The molecular weight excluding hydrogens is 443 g/mol. The normalized spacial score (nSPS) is 13.9. The van der Waals surface area contributed by atoms with Gasteiger partial charge in [-0.1, -0.05) is 61.2 Å². The second kappa shape index (κ2) is 12.6. The molecule has 1 aliphatic rings. The maximum absolute atomic E-state index is 14.8. The summed E-state index contributed by atoms with van der Waals surface area (Å²) in [6, 6.07) is 9.94. The van der Waals surface area contributed by atoms with Crippen LogP contribution in [0, 0.1) is 5.82 Å². The number of anilines is 1. The van der Waals surface area contributed by atoms with Crippen molar-refractivity contribution in [3.63, 3.8) is 0 Å². The molecule has 1 atom stereocenters. The molecule has 6 heteroatoms. The highest BCUT2D eigenvalue weighted by atomic mass is 19.1. The monoisotopic (exact) mass is 474 g/mol. The van der Waals surface area contributed by atoms with Gasteiger partial charge in [0.05, 0.1) is 12.3 Å². The van der Waals surface area contributed by atoms with Crippen molar-refractivity contribution >= 4 is 29.7 Å². The second-order valence-corrected chi connectivity index (χ2v) is 8.27. The summed E-state index contributed by atoms with van der Waals surface area (Å²) in [7, 11) is 0. The average Bonchev–Trinajstić information content (AvgIpc) is 2.85. The third-order valence-electron chi connectivity index (χ3n) is 5.76. The lowest BCUT2D eigenvalue weighted by Gasteiger charge is -2.17. The number of nitrogens with two attached hydrogens (primary N) is 1. The van der Waals surface area contributed by atoms with E-state index in [0.29, 0.717) is 11.3 Å². The predicted molar refractivity (Wildman–Crippen MR) is 139 cm³/mol. The molecule has 1 amide bonds. The van der Waals surface area contributed by atoms with Crippen LogP contribution < -0.4 is 11.1 Å². The Morgan fingerprint density at radius 2 is 2.03 bits per heavy atom. The largest absolute Gasteiger partial charge is 0.460 e. The molecule has 0 fully saturated rings. The number of benzene rings is 2. The number of rotatable bonds is 10. The Labute approximate surface area is 205 Å². The maximum atomic E-state index is 14.8. The molecule has 2 aromatic rings. The van der Waals surface area contributed by atoms with Crippen LogP contribution in [0.3, 0.4) is 0 Å². The van der Waals surface area contributed by atoms with Crippen LogP contribution in [-0.4, -0.2) is 18.4 Å². The number of halogens is 1. The smallest absolute Gasteiger partial charge is 0.310 e. The summed E-state index contributed by atoms with van der Waals surface area (Å²) in [4.78, 5) is 25.0. The van der Waals surface area contributed by atoms with Crippen molar-refractivity contribution in [2.75, 3.05) is 11.9 Å². The van der Waals surface area contributed by atoms with Crippen LogP contribution in [0.1, 0.15) is 54.4 Å². The highest BCUT2D eigenvalue weighted by molar-refractivity contribution is 5.96. The molecule has 0 aliphatic heterocycles. The zero-order valence-electron chi connectivity index (χ0n) is 19.9. The van der Waals surface area contributed by atoms with E-state index in [0.717, 1.165) is 29.5 Å². The number of hydrogen-bond acceptors (Lipinski definition) is 4. The van der Waals surface area contributed by atoms with Crippen molar-refractivity contribution < 1.29 is 18.7 Å². The molecule has 182 valence electrons. The summed E-state index contributed by atoms with van der Waals surface area (Å²) < 4.78 is 20.0. The number of carbonyl (C=O) groups excluding carboxylic acids is 2. The van der Waals surface area contributed by atoms with Crippen LogP contribution >= 0.6 is 0 Å². The molecule has 35 heavy (non-hydrogen) atoms. The summed E-state index contributed by atoms with van der Waals surface area (Å²) in [6.07, 6.45) is 13.5. The predicted octanol–water partition coefficient (Wildman–Crippen LogP) is 5.89. The molecular formula is C29H31FN2O3. The number of hydrogen-bond donors (Lipinski definition) is 2. The lowest BCUT2D eigenvalue weighted by molar-refractivity contribution is -0.144. The van der Waals surface area contributed by atoms with Crippen molar-refractivity contribution in [3.05, 3.63) is 101 Å². The van der Waals surface area contributed by atoms with E-state index in [-0.39, 0.29) is 31.0 Å². The van der Waals surface area contributed by atoms with Gasteiger partial charge in [0.1, 0.15) is 12.4 Å². The number of carbonyl (C=O) groups is 2. The minimum Gasteiger partial charge on any atom is -0.460 e. The molecule has 3 rings (SSSR count). The van der Waals surface area contributed by atoms with Gasteiger partial charge in [0, 0.05) is 17.8 Å². The molecule has 1 unspecified atom stereocenters. The summed E-state index contributed by atoms with van der Waals surface area (Å²) >= 11 is 0. The molecule has 2 aromatic carbocycles. The second-order valence-electron chi connectivity index (χ2n) is 8.27. The Morgan fingerprint density at radius 3 is 2.69 bits per heavy atom. The maximum Gasteiger partial charge on any atom is 0.310 e. The molecule has 0 radical (unpaired) electrons. The SMILES string of the molecule is C=Cc1ccc(NC(=O)C(CN)c2ccc(COC(=O)CC3=CCCC=C3)c(F)c2)cc1/C=C\C. The van der Waals surface area contributed by atoms with Crippen molar-refractivity contribution in [2.24, 2.45) is 5.73 Å². The van der Waals surface area contributed by atoms with Gasteiger partial charge >= 0.3 is 5.97 Å². The first kappa shape index (κ1) is 25.8. The van der Waals surface area contributed by atoms with Crippen molar-refractivity contribution in [2.45, 2.75) is 38.7 Å². The van der Waals surface area contributed by atoms with Gasteiger partial charge in [0.25, 0.3) is 0 Å². The fourth-order valence-electron chi connectivity index (χ4n) is 3.86. The number of amides is 1. The first-order valence-electron chi connectivity index (χ1n) is 11.6. The summed E-state index contributed by atoms with van der Waals surface area (Å²) in [5.74, 6) is -2.04. The van der Waals surface area contributed by atoms with Gasteiger partial charge in [0.2, 0.25) is 5.91 Å². The van der Waals surface area contributed by atoms with Gasteiger partial charge in [-0.3, -0.25) is 9.59 Å². The Hall–Kier alpha value is -3.77. The first-order chi connectivity index (χ1) is 16.9. The number of esters is 1. The Kier molecular flexibility index (Phi) is 9.32. The first-order valence-corrected chi connectivity index (χ1v) is 11.6. The highest BCUT2D eigenvalue weighted by Crippen LogP contribution is 2.23. The minimum absolute atomic E-state index is 0.00863. The van der Waals surface area contributed by atoms with Gasteiger partial charge in [-0.15, -0.1) is 0 Å². The number of nitrogens with one attached hydrogen (secondary N) is 1. The molecule has 0 spiro atoms. The minimum atomic E-state index is -0.740. The standard InChI is InChI=1S/C29H31FN2O3/c1-3-8-22-16-25(14-13-21(22)4-2)32-29(34)26(18-31)23-11-12-24(27(30)17-23)19-35-28(33)15-20-9-6-5-7-10-20/h3-4,6,8-14,16-17,26H,2,5,7,15,18-19,31H2,1H3,(H,32,34)/b8-3-. The van der Waals surface area contributed by atoms with Gasteiger partial charge in [-0.2, -0.15) is 0 Å². The molecule has 5 nitrogen and oxygen atoms in total.